The van der Waals surface area contributed by atoms with Crippen molar-refractivity contribution < 1.29 is 0 Å². The first-order chi connectivity index (χ1) is 8.47. The summed E-state index contributed by atoms with van der Waals surface area (Å²) in [7, 11) is 3.99. The second-order valence-electron chi connectivity index (χ2n) is 4.59. The molecule has 7 heteroatoms. The van der Waals surface area contributed by atoms with E-state index in [1.165, 1.54) is 4.88 Å². The van der Waals surface area contributed by atoms with Crippen molar-refractivity contribution in [2.75, 3.05) is 33.7 Å². The number of aromatic nitrogens is 1. The lowest BCUT2D eigenvalue weighted by Crippen LogP contribution is -2.55. The highest BCUT2D eigenvalue weighted by Crippen LogP contribution is 2.27. The Hall–Kier alpha value is -0.920. The van der Waals surface area contributed by atoms with E-state index in [9.17, 15) is 0 Å². The predicted molar refractivity (Wildman–Crippen MR) is 79.5 cm³/mol. The molecule has 1 aromatic heterocycles. The zero-order valence-electron chi connectivity index (χ0n) is 11.0. The van der Waals surface area contributed by atoms with Gasteiger partial charge in [-0.25, -0.2) is 4.98 Å². The molecule has 0 aliphatic carbocycles. The fourth-order valence-electron chi connectivity index (χ4n) is 1.91. The molecule has 100 valence electrons. The van der Waals surface area contributed by atoms with Crippen LogP contribution < -0.4 is 0 Å². The largest absolute Gasteiger partial charge is 0.333 e. The summed E-state index contributed by atoms with van der Waals surface area (Å²) in [6.45, 7) is 2.35. The number of guanidine groups is 1. The number of nitrogens with zero attached hydrogens (tertiary/aromatic N) is 4. The quantitative estimate of drug-likeness (QED) is 0.852. The summed E-state index contributed by atoms with van der Waals surface area (Å²) in [5, 5.41) is 8.08. The fourth-order valence-corrected chi connectivity index (χ4v) is 3.69. The highest BCUT2D eigenvalue weighted by molar-refractivity contribution is 8.14. The van der Waals surface area contributed by atoms with Gasteiger partial charge in [0.2, 0.25) is 0 Å². The normalized spacial score (nSPS) is 19.4. The number of hydrogen-bond donors (Lipinski definition) is 1. The highest BCUT2D eigenvalue weighted by atomic mass is 32.2. The summed E-state index contributed by atoms with van der Waals surface area (Å²) in [5.41, 5.74) is 0. The van der Waals surface area contributed by atoms with E-state index in [-0.39, 0.29) is 10.5 Å². The molecule has 1 aliphatic heterocycles. The van der Waals surface area contributed by atoms with Crippen LogP contribution in [0.25, 0.3) is 0 Å². The Bertz CT molecular complexity index is 470. The molecule has 18 heavy (non-hydrogen) atoms. The van der Waals surface area contributed by atoms with Gasteiger partial charge in [0, 0.05) is 18.1 Å². The van der Waals surface area contributed by atoms with Crippen LogP contribution in [-0.2, 0) is 6.54 Å². The van der Waals surface area contributed by atoms with Gasteiger partial charge in [-0.1, -0.05) is 5.87 Å². The maximum Gasteiger partial charge on any atom is 0.195 e. The molecular weight excluding hydrogens is 266 g/mol. The van der Waals surface area contributed by atoms with Crippen LogP contribution in [0.5, 0.6) is 0 Å². The second kappa shape index (κ2) is 5.38. The molecule has 1 aromatic rings. The van der Waals surface area contributed by atoms with Crippen molar-refractivity contribution in [2.24, 2.45) is 0 Å². The van der Waals surface area contributed by atoms with Crippen molar-refractivity contribution in [3.05, 3.63) is 11.1 Å². The molecule has 2 heterocycles. The molecule has 0 bridgehead atoms. The summed E-state index contributed by atoms with van der Waals surface area (Å²) in [6.07, 6.45) is 3.99. The van der Waals surface area contributed by atoms with E-state index in [0.717, 1.165) is 24.2 Å². The van der Waals surface area contributed by atoms with E-state index >= 15 is 0 Å². The van der Waals surface area contributed by atoms with E-state index in [1.54, 1.807) is 11.3 Å². The molecule has 1 unspecified atom stereocenters. The molecule has 0 amide bonds. The van der Waals surface area contributed by atoms with E-state index in [1.807, 2.05) is 18.1 Å². The molecule has 1 atom stereocenters. The molecule has 0 spiro atoms. The molecule has 0 radical (unpaired) electrons. The molecule has 1 fully saturated rings. The van der Waals surface area contributed by atoms with E-state index in [4.69, 9.17) is 5.41 Å². The summed E-state index contributed by atoms with van der Waals surface area (Å²) in [5.74, 6) is 4.59. The fraction of sp³-hybridized carbons (Fsp3) is 0.545. The summed E-state index contributed by atoms with van der Waals surface area (Å²) >= 11 is 1.70. The van der Waals surface area contributed by atoms with Crippen molar-refractivity contribution in [1.82, 2.24) is 19.7 Å². The molecule has 2 rings (SSSR count). The maximum atomic E-state index is 8.08. The standard InChI is InChI=1S/C11H19N5S2/c1-14-7-15(2)10(12)16(8-14)6-9-5-13-11(17-9)18(3)4/h5,12H,3,6-8H2,1-2,4H3. The Morgan fingerprint density at radius 2 is 2.22 bits per heavy atom. The van der Waals surface area contributed by atoms with Gasteiger partial charge in [0.15, 0.2) is 5.96 Å². The summed E-state index contributed by atoms with van der Waals surface area (Å²) < 4.78 is 1.09. The first kappa shape index (κ1) is 13.5. The first-order valence-electron chi connectivity index (χ1n) is 5.61. The lowest BCUT2D eigenvalue weighted by molar-refractivity contribution is 0.110. The van der Waals surface area contributed by atoms with Crippen LogP contribution in [0, 0.1) is 5.41 Å². The van der Waals surface area contributed by atoms with Gasteiger partial charge in [-0.2, -0.15) is 0 Å². The number of hydrogen-bond acceptors (Lipinski definition) is 4. The van der Waals surface area contributed by atoms with Gasteiger partial charge in [-0.15, -0.1) is 21.8 Å². The third kappa shape index (κ3) is 2.90. The van der Waals surface area contributed by atoms with Gasteiger partial charge in [-0.05, 0) is 13.3 Å². The van der Waals surface area contributed by atoms with Crippen molar-refractivity contribution in [3.63, 3.8) is 0 Å². The molecule has 5 nitrogen and oxygen atoms in total. The van der Waals surface area contributed by atoms with Crippen molar-refractivity contribution in [1.29, 1.82) is 5.41 Å². The van der Waals surface area contributed by atoms with Crippen LogP contribution in [0.1, 0.15) is 4.88 Å². The number of nitrogens with one attached hydrogen (secondary N) is 1. The van der Waals surface area contributed by atoms with E-state index < -0.39 is 0 Å². The molecule has 1 N–H and O–H groups in total. The maximum absolute atomic E-state index is 8.08. The third-order valence-electron chi connectivity index (χ3n) is 2.70. The summed E-state index contributed by atoms with van der Waals surface area (Å²) in [6, 6.07) is 0. The number of rotatable bonds is 3. The minimum atomic E-state index is -0.0230. The van der Waals surface area contributed by atoms with Gasteiger partial charge >= 0.3 is 0 Å². The molecular formula is C11H19N5S2. The average Bonchev–Trinajstić information content (AvgIpc) is 2.74. The third-order valence-corrected chi connectivity index (χ3v) is 5.29. The molecule has 1 saturated heterocycles. The highest BCUT2D eigenvalue weighted by Gasteiger charge is 2.23. The smallest absolute Gasteiger partial charge is 0.195 e. The SMILES string of the molecule is C=S(C)c1ncc(CN2CN(C)CN(C)C2=N)s1. The van der Waals surface area contributed by atoms with Crippen molar-refractivity contribution in [2.45, 2.75) is 10.9 Å². The van der Waals surface area contributed by atoms with Crippen LogP contribution in [0.2, 0.25) is 0 Å². The zero-order valence-corrected chi connectivity index (χ0v) is 12.6. The molecule has 0 saturated carbocycles. The van der Waals surface area contributed by atoms with Crippen molar-refractivity contribution in [3.8, 4) is 0 Å². The Morgan fingerprint density at radius 3 is 2.83 bits per heavy atom. The van der Waals surface area contributed by atoms with Gasteiger partial charge in [0.1, 0.15) is 4.34 Å². The average molecular weight is 285 g/mol. The number of thiazole rings is 1. The monoisotopic (exact) mass is 285 g/mol. The van der Waals surface area contributed by atoms with Gasteiger partial charge in [-0.3, -0.25) is 10.3 Å². The zero-order chi connectivity index (χ0) is 13.3. The van der Waals surface area contributed by atoms with Gasteiger partial charge in [0.25, 0.3) is 0 Å². The summed E-state index contributed by atoms with van der Waals surface area (Å²) in [4.78, 5) is 11.8. The predicted octanol–water partition coefficient (Wildman–Crippen LogP) is 1.36. The minimum absolute atomic E-state index is 0.0230. The topological polar surface area (TPSA) is 46.5 Å². The second-order valence-corrected chi connectivity index (χ2v) is 7.62. The van der Waals surface area contributed by atoms with Crippen LogP contribution in [-0.4, -0.2) is 65.2 Å². The Kier molecular flexibility index (Phi) is 4.04. The van der Waals surface area contributed by atoms with E-state index in [0.29, 0.717) is 5.96 Å². The van der Waals surface area contributed by atoms with Gasteiger partial charge < -0.3 is 9.80 Å². The van der Waals surface area contributed by atoms with Crippen LogP contribution in [0.3, 0.4) is 0 Å². The first-order valence-corrected chi connectivity index (χ1v) is 8.22. The Balaban J connectivity index is 2.07. The lowest BCUT2D eigenvalue weighted by atomic mass is 10.4. The van der Waals surface area contributed by atoms with Crippen molar-refractivity contribution >= 4 is 33.7 Å². The lowest BCUT2D eigenvalue weighted by Gasteiger charge is -2.40. The van der Waals surface area contributed by atoms with Crippen LogP contribution >= 0.6 is 21.8 Å². The Morgan fingerprint density at radius 1 is 1.50 bits per heavy atom. The molecule has 1 aliphatic rings. The minimum Gasteiger partial charge on any atom is -0.333 e. The van der Waals surface area contributed by atoms with Crippen LogP contribution in [0.4, 0.5) is 0 Å². The Labute approximate surface area is 114 Å². The van der Waals surface area contributed by atoms with E-state index in [2.05, 4.69) is 34.0 Å². The van der Waals surface area contributed by atoms with Crippen LogP contribution in [0.15, 0.2) is 10.5 Å². The van der Waals surface area contributed by atoms with Gasteiger partial charge in [0.05, 0.1) is 19.9 Å². The molecule has 0 aromatic carbocycles.